The Morgan fingerprint density at radius 1 is 1.27 bits per heavy atom. The molecule has 1 rings (SSSR count). The van der Waals surface area contributed by atoms with E-state index in [1.165, 1.54) is 5.56 Å². The molecule has 1 aromatic carbocycles. The van der Waals surface area contributed by atoms with Crippen LogP contribution in [0.1, 0.15) is 45.2 Å². The molecule has 0 aliphatic carbocycles. The van der Waals surface area contributed by atoms with Crippen molar-refractivity contribution >= 4 is 5.91 Å². The van der Waals surface area contributed by atoms with Crippen LogP contribution >= 0.6 is 0 Å². The lowest BCUT2D eigenvalue weighted by molar-refractivity contribution is -0.127. The van der Waals surface area contributed by atoms with Gasteiger partial charge in [0.25, 0.3) is 0 Å². The number of carbonyl (C=O) groups is 1. The first-order valence-corrected chi connectivity index (χ1v) is 9.29. The summed E-state index contributed by atoms with van der Waals surface area (Å²) in [5, 5.41) is 18.2. The molecule has 1 amide bonds. The van der Waals surface area contributed by atoms with Crippen LogP contribution in [0.3, 0.4) is 0 Å². The molecule has 148 valence electrons. The lowest BCUT2D eigenvalue weighted by Gasteiger charge is -2.32. The minimum absolute atomic E-state index is 0.104. The number of nitrogens with one attached hydrogen (secondary N) is 2. The minimum Gasteiger partial charge on any atom is -0.390 e. The molecule has 6 nitrogen and oxygen atoms in total. The SMILES string of the molecule is CCC(NC(=O)C(NC)C(C)(C)C)C(O)CN(N)Cc1ccc(C)cc1. The van der Waals surface area contributed by atoms with Crippen LogP contribution < -0.4 is 16.5 Å². The first-order chi connectivity index (χ1) is 12.1. The molecule has 5 N–H and O–H groups in total. The molecule has 0 radical (unpaired) electrons. The van der Waals surface area contributed by atoms with Gasteiger partial charge in [0.05, 0.1) is 18.2 Å². The summed E-state index contributed by atoms with van der Waals surface area (Å²) < 4.78 is 0. The van der Waals surface area contributed by atoms with Gasteiger partial charge in [-0.15, -0.1) is 0 Å². The first kappa shape index (κ1) is 22.6. The summed E-state index contributed by atoms with van der Waals surface area (Å²) in [7, 11) is 1.77. The summed E-state index contributed by atoms with van der Waals surface area (Å²) >= 11 is 0. The predicted octanol–water partition coefficient (Wildman–Crippen LogP) is 1.56. The van der Waals surface area contributed by atoms with Crippen molar-refractivity contribution in [1.82, 2.24) is 15.6 Å². The van der Waals surface area contributed by atoms with Crippen molar-refractivity contribution in [2.75, 3.05) is 13.6 Å². The molecule has 3 atom stereocenters. The second-order valence-electron chi connectivity index (χ2n) is 8.09. The number of hydrogen-bond donors (Lipinski definition) is 4. The summed E-state index contributed by atoms with van der Waals surface area (Å²) in [4.78, 5) is 12.6. The molecule has 0 bridgehead atoms. The van der Waals surface area contributed by atoms with E-state index in [4.69, 9.17) is 5.84 Å². The molecule has 1 aromatic rings. The summed E-state index contributed by atoms with van der Waals surface area (Å²) in [5.41, 5.74) is 2.07. The number of benzene rings is 1. The van der Waals surface area contributed by atoms with Gasteiger partial charge in [0.1, 0.15) is 0 Å². The number of aryl methyl sites for hydroxylation is 1. The van der Waals surface area contributed by atoms with E-state index >= 15 is 0 Å². The fraction of sp³-hybridized carbons (Fsp3) is 0.650. The van der Waals surface area contributed by atoms with Crippen molar-refractivity contribution in [2.24, 2.45) is 11.3 Å². The average Bonchev–Trinajstić information content (AvgIpc) is 2.53. The Hall–Kier alpha value is -1.47. The zero-order chi connectivity index (χ0) is 19.9. The van der Waals surface area contributed by atoms with Crippen LogP contribution in [0.25, 0.3) is 0 Å². The Morgan fingerprint density at radius 2 is 1.85 bits per heavy atom. The molecular weight excluding hydrogens is 328 g/mol. The monoisotopic (exact) mass is 364 g/mol. The highest BCUT2D eigenvalue weighted by molar-refractivity contribution is 5.82. The second kappa shape index (κ2) is 10.0. The van der Waals surface area contributed by atoms with Gasteiger partial charge in [-0.2, -0.15) is 0 Å². The van der Waals surface area contributed by atoms with Crippen molar-refractivity contribution in [3.8, 4) is 0 Å². The van der Waals surface area contributed by atoms with Gasteiger partial charge < -0.3 is 15.7 Å². The van der Waals surface area contributed by atoms with E-state index in [9.17, 15) is 9.90 Å². The molecule has 0 spiro atoms. The largest absolute Gasteiger partial charge is 0.390 e. The molecule has 0 heterocycles. The fourth-order valence-electron chi connectivity index (χ4n) is 3.05. The van der Waals surface area contributed by atoms with Crippen LogP contribution in [0.4, 0.5) is 0 Å². The molecule has 0 fully saturated rings. The van der Waals surface area contributed by atoms with Gasteiger partial charge in [-0.3, -0.25) is 10.6 Å². The summed E-state index contributed by atoms with van der Waals surface area (Å²) in [6.07, 6.45) is -0.108. The van der Waals surface area contributed by atoms with E-state index in [1.807, 2.05) is 58.9 Å². The van der Waals surface area contributed by atoms with E-state index in [0.29, 0.717) is 13.0 Å². The lowest BCUT2D eigenvalue weighted by Crippen LogP contribution is -2.56. The highest BCUT2D eigenvalue weighted by Crippen LogP contribution is 2.19. The first-order valence-electron chi connectivity index (χ1n) is 9.29. The van der Waals surface area contributed by atoms with Crippen molar-refractivity contribution < 1.29 is 9.90 Å². The van der Waals surface area contributed by atoms with E-state index < -0.39 is 6.10 Å². The normalized spacial score (nSPS) is 15.6. The number of rotatable bonds is 9. The maximum Gasteiger partial charge on any atom is 0.237 e. The van der Waals surface area contributed by atoms with Crippen molar-refractivity contribution in [3.63, 3.8) is 0 Å². The van der Waals surface area contributed by atoms with Gasteiger partial charge in [0, 0.05) is 13.1 Å². The van der Waals surface area contributed by atoms with Crippen LogP contribution in [0.2, 0.25) is 0 Å². The van der Waals surface area contributed by atoms with Crippen LogP contribution in [0.5, 0.6) is 0 Å². The molecule has 3 unspecified atom stereocenters. The quantitative estimate of drug-likeness (QED) is 0.394. The van der Waals surface area contributed by atoms with E-state index in [1.54, 1.807) is 12.1 Å². The van der Waals surface area contributed by atoms with Gasteiger partial charge in [-0.1, -0.05) is 57.5 Å². The van der Waals surface area contributed by atoms with E-state index in [2.05, 4.69) is 10.6 Å². The van der Waals surface area contributed by atoms with Gasteiger partial charge in [0.2, 0.25) is 5.91 Å². The van der Waals surface area contributed by atoms with Crippen molar-refractivity contribution in [3.05, 3.63) is 35.4 Å². The van der Waals surface area contributed by atoms with Crippen molar-refractivity contribution in [2.45, 2.75) is 65.8 Å². The smallest absolute Gasteiger partial charge is 0.237 e. The van der Waals surface area contributed by atoms with Gasteiger partial charge in [-0.05, 0) is 31.4 Å². The third-order valence-electron chi connectivity index (χ3n) is 4.58. The van der Waals surface area contributed by atoms with Crippen LogP contribution in [-0.4, -0.2) is 47.8 Å². The lowest BCUT2D eigenvalue weighted by atomic mass is 9.86. The number of hydrogen-bond acceptors (Lipinski definition) is 5. The van der Waals surface area contributed by atoms with Gasteiger partial charge in [0.15, 0.2) is 0 Å². The molecule has 0 saturated heterocycles. The topological polar surface area (TPSA) is 90.6 Å². The number of hydrazine groups is 1. The molecule has 0 saturated carbocycles. The standard InChI is InChI=1S/C20H36N4O2/c1-7-16(23-19(26)18(22-6)20(3,4)5)17(25)13-24(21)12-15-10-8-14(2)9-11-15/h8-11,16-18,22,25H,7,12-13,21H2,1-6H3,(H,23,26). The summed E-state index contributed by atoms with van der Waals surface area (Å²) in [6, 6.07) is 7.47. The third-order valence-corrected chi connectivity index (χ3v) is 4.58. The molecule has 6 heteroatoms. The fourth-order valence-corrected chi connectivity index (χ4v) is 3.05. The third kappa shape index (κ3) is 7.03. The number of nitrogens with two attached hydrogens (primary N) is 1. The second-order valence-corrected chi connectivity index (χ2v) is 8.09. The maximum atomic E-state index is 12.6. The van der Waals surface area contributed by atoms with Crippen LogP contribution in [-0.2, 0) is 11.3 Å². The van der Waals surface area contributed by atoms with E-state index in [-0.39, 0.29) is 30.0 Å². The van der Waals surface area contributed by atoms with Gasteiger partial charge in [-0.25, -0.2) is 5.01 Å². The molecule has 26 heavy (non-hydrogen) atoms. The maximum absolute atomic E-state index is 12.6. The number of carbonyl (C=O) groups excluding carboxylic acids is 1. The Labute approximate surface area is 158 Å². The number of aliphatic hydroxyl groups excluding tert-OH is 1. The van der Waals surface area contributed by atoms with Crippen LogP contribution in [0, 0.1) is 12.3 Å². The predicted molar refractivity (Wildman–Crippen MR) is 106 cm³/mol. The Kier molecular flexibility index (Phi) is 8.70. The Morgan fingerprint density at radius 3 is 2.31 bits per heavy atom. The van der Waals surface area contributed by atoms with Crippen molar-refractivity contribution in [1.29, 1.82) is 0 Å². The number of likely N-dealkylation sites (N-methyl/N-ethyl adjacent to an activating group) is 1. The summed E-state index contributed by atoms with van der Waals surface area (Å²) in [6.45, 7) is 10.8. The zero-order valence-corrected chi connectivity index (χ0v) is 17.0. The number of nitrogens with zero attached hydrogens (tertiary/aromatic N) is 1. The average molecular weight is 365 g/mol. The molecule has 0 aliphatic heterocycles. The highest BCUT2D eigenvalue weighted by atomic mass is 16.3. The van der Waals surface area contributed by atoms with E-state index in [0.717, 1.165) is 5.56 Å². The summed E-state index contributed by atoms with van der Waals surface area (Å²) in [5.74, 6) is 5.97. The Bertz CT molecular complexity index is 554. The molecular formula is C20H36N4O2. The number of amides is 1. The van der Waals surface area contributed by atoms with Gasteiger partial charge >= 0.3 is 0 Å². The zero-order valence-electron chi connectivity index (χ0n) is 17.0. The molecule has 0 aromatic heterocycles. The minimum atomic E-state index is -0.739. The Balaban J connectivity index is 2.63. The molecule has 0 aliphatic rings. The highest BCUT2D eigenvalue weighted by Gasteiger charge is 2.32. The number of aliphatic hydroxyl groups is 1. The van der Waals surface area contributed by atoms with Crippen LogP contribution in [0.15, 0.2) is 24.3 Å².